The highest BCUT2D eigenvalue weighted by molar-refractivity contribution is 7.88. The highest BCUT2D eigenvalue weighted by Gasteiger charge is 2.20. The number of hydrogen-bond acceptors (Lipinski definition) is 12. The Balaban J connectivity index is 1.81. The Morgan fingerprint density at radius 3 is 2.35 bits per heavy atom. The summed E-state index contributed by atoms with van der Waals surface area (Å²) in [5.74, 6) is 0.714. The van der Waals surface area contributed by atoms with E-state index in [4.69, 9.17) is 5.11 Å². The molecule has 2 heterocycles. The van der Waals surface area contributed by atoms with Crippen LogP contribution in [0.25, 0.3) is 0 Å². The number of β-amino-alcohol motifs (C(OH)–C–C–N with tert-alkyl or cyclic N) is 1. The first-order valence-electron chi connectivity index (χ1n) is 10.4. The molecule has 14 nitrogen and oxygen atoms in total. The largest absolute Gasteiger partial charge is 0.395 e. The fraction of sp³-hybridized carbons (Fsp3) is 0.500. The Hall–Kier alpha value is -2.63. The summed E-state index contributed by atoms with van der Waals surface area (Å²) in [5, 5.41) is 15.0. The van der Waals surface area contributed by atoms with Crippen LogP contribution in [0.5, 0.6) is 0 Å². The average molecular weight is 517 g/mol. The maximum atomic E-state index is 11.4. The molecule has 0 unspecified atom stereocenters. The zero-order valence-electron chi connectivity index (χ0n) is 18.5. The molecule has 1 saturated heterocycles. The van der Waals surface area contributed by atoms with Gasteiger partial charge in [-0.1, -0.05) is 6.07 Å². The topological polar surface area (TPSA) is 190 Å². The number of piperazine rings is 1. The predicted molar refractivity (Wildman–Crippen MR) is 126 cm³/mol. The summed E-state index contributed by atoms with van der Waals surface area (Å²) in [6.07, 6.45) is 1.06. The average Bonchev–Trinajstić information content (AvgIpc) is 2.76. The number of rotatable bonds is 11. The molecule has 0 saturated carbocycles. The van der Waals surface area contributed by atoms with Gasteiger partial charge in [0.2, 0.25) is 27.9 Å². The fourth-order valence-electron chi connectivity index (χ4n) is 3.23. The van der Waals surface area contributed by atoms with E-state index in [1.54, 1.807) is 6.07 Å². The van der Waals surface area contributed by atoms with Crippen LogP contribution in [0.4, 0.5) is 23.5 Å². The third kappa shape index (κ3) is 8.00. The van der Waals surface area contributed by atoms with E-state index in [9.17, 15) is 21.4 Å². The van der Waals surface area contributed by atoms with Crippen LogP contribution in [0.3, 0.4) is 0 Å². The molecule has 5 N–H and O–H groups in total. The van der Waals surface area contributed by atoms with Crippen molar-refractivity contribution in [3.05, 3.63) is 24.3 Å². The summed E-state index contributed by atoms with van der Waals surface area (Å²) >= 11 is 0. The first-order valence-corrected chi connectivity index (χ1v) is 13.7. The molecule has 3 rings (SSSR count). The summed E-state index contributed by atoms with van der Waals surface area (Å²) in [5.41, 5.74) is 0.338. The summed E-state index contributed by atoms with van der Waals surface area (Å²) in [6, 6.07) is 5.56. The third-order valence-corrected chi connectivity index (χ3v) is 6.43. The summed E-state index contributed by atoms with van der Waals surface area (Å²) < 4.78 is 57.1. The van der Waals surface area contributed by atoms with E-state index in [1.807, 2.05) is 4.90 Å². The van der Waals surface area contributed by atoms with Crippen LogP contribution in [0.15, 0.2) is 29.2 Å². The lowest BCUT2D eigenvalue weighted by Gasteiger charge is -2.34. The zero-order valence-corrected chi connectivity index (χ0v) is 20.2. The number of aliphatic hydroxyl groups is 1. The molecule has 188 valence electrons. The number of anilines is 4. The van der Waals surface area contributed by atoms with Crippen molar-refractivity contribution in [3.63, 3.8) is 0 Å². The van der Waals surface area contributed by atoms with E-state index in [0.29, 0.717) is 44.4 Å². The molecule has 0 atom stereocenters. The van der Waals surface area contributed by atoms with Gasteiger partial charge in [-0.3, -0.25) is 9.45 Å². The van der Waals surface area contributed by atoms with Crippen LogP contribution < -0.4 is 20.3 Å². The van der Waals surface area contributed by atoms with Crippen LogP contribution in [0, 0.1) is 0 Å². The number of nitrogens with zero attached hydrogens (tertiary/aromatic N) is 5. The van der Waals surface area contributed by atoms with Gasteiger partial charge in [0.15, 0.2) is 0 Å². The number of nitrogens with one attached hydrogen (secondary N) is 3. The summed E-state index contributed by atoms with van der Waals surface area (Å²) in [7, 11) is -7.72. The summed E-state index contributed by atoms with van der Waals surface area (Å²) in [4.78, 5) is 17.0. The second kappa shape index (κ2) is 11.2. The second-order valence-electron chi connectivity index (χ2n) is 7.56. The van der Waals surface area contributed by atoms with E-state index in [2.05, 4.69) is 35.2 Å². The normalized spacial score (nSPS) is 15.3. The molecule has 16 heteroatoms. The first kappa shape index (κ1) is 26.0. The molecular formula is C18H28N8O6S2. The van der Waals surface area contributed by atoms with Gasteiger partial charge < -0.3 is 20.6 Å². The second-order valence-corrected chi connectivity index (χ2v) is 10.8. The minimum Gasteiger partial charge on any atom is -0.395 e. The Labute approximate surface area is 198 Å². The van der Waals surface area contributed by atoms with E-state index in [1.165, 1.54) is 18.2 Å². The Morgan fingerprint density at radius 2 is 1.71 bits per heavy atom. The fourth-order valence-corrected chi connectivity index (χ4v) is 4.23. The van der Waals surface area contributed by atoms with Crippen molar-refractivity contribution >= 4 is 43.7 Å². The number of aliphatic hydroxyl groups excluding tert-OH is 1. The quantitative estimate of drug-likeness (QED) is 0.179. The molecule has 0 aliphatic carbocycles. The lowest BCUT2D eigenvalue weighted by Crippen LogP contribution is -2.47. The lowest BCUT2D eigenvalue weighted by molar-refractivity contribution is 0.188. The van der Waals surface area contributed by atoms with Gasteiger partial charge in [0.05, 0.1) is 17.8 Å². The molecule has 1 aliphatic rings. The molecule has 2 aromatic rings. The van der Waals surface area contributed by atoms with Crippen LogP contribution in [0.2, 0.25) is 0 Å². The van der Waals surface area contributed by atoms with Crippen molar-refractivity contribution in [3.8, 4) is 0 Å². The number of hydrogen-bond donors (Lipinski definition) is 5. The van der Waals surface area contributed by atoms with E-state index in [0.717, 1.165) is 6.26 Å². The zero-order chi connectivity index (χ0) is 24.8. The van der Waals surface area contributed by atoms with Crippen LogP contribution in [-0.2, 0) is 20.1 Å². The molecule has 1 fully saturated rings. The monoisotopic (exact) mass is 516 g/mol. The van der Waals surface area contributed by atoms with Gasteiger partial charge >= 0.3 is 0 Å². The Kier molecular flexibility index (Phi) is 8.56. The molecule has 34 heavy (non-hydrogen) atoms. The molecule has 0 bridgehead atoms. The maximum Gasteiger partial charge on any atom is 0.294 e. The van der Waals surface area contributed by atoms with Crippen molar-refractivity contribution in [2.45, 2.75) is 4.90 Å². The summed E-state index contributed by atoms with van der Waals surface area (Å²) in [6.45, 7) is 3.68. The standard InChI is InChI=1S/C18H28N8O6S2/c1-33(28,29)20-6-5-19-16-22-17(21-14-3-2-4-15(13-14)34(30,31)32)24-18(23-16)26-9-7-25(8-10-26)11-12-27/h2-4,13,20,27H,5-12H2,1H3,(H,30,31,32)(H2,19,21,22,23,24). The predicted octanol–water partition coefficient (Wildman–Crippen LogP) is -1.06. The minimum absolute atomic E-state index is 0.0814. The molecule has 1 aromatic heterocycles. The van der Waals surface area contributed by atoms with Crippen molar-refractivity contribution in [2.75, 3.05) is 74.2 Å². The molecule has 0 radical (unpaired) electrons. The highest BCUT2D eigenvalue weighted by Crippen LogP contribution is 2.21. The third-order valence-electron chi connectivity index (χ3n) is 4.86. The van der Waals surface area contributed by atoms with Crippen molar-refractivity contribution < 1.29 is 26.5 Å². The molecule has 1 aromatic carbocycles. The van der Waals surface area contributed by atoms with Gasteiger partial charge in [0, 0.05) is 51.5 Å². The van der Waals surface area contributed by atoms with Crippen LogP contribution in [0.1, 0.15) is 0 Å². The van der Waals surface area contributed by atoms with E-state index in [-0.39, 0.29) is 36.5 Å². The molecule has 1 aliphatic heterocycles. The number of benzene rings is 1. The van der Waals surface area contributed by atoms with Crippen LogP contribution >= 0.6 is 0 Å². The van der Waals surface area contributed by atoms with Gasteiger partial charge in [-0.2, -0.15) is 23.4 Å². The van der Waals surface area contributed by atoms with E-state index < -0.39 is 20.1 Å². The Bertz CT molecular complexity index is 1190. The van der Waals surface area contributed by atoms with Gasteiger partial charge in [-0.05, 0) is 18.2 Å². The minimum atomic E-state index is -4.38. The molecule has 0 amide bonds. The molecule has 0 spiro atoms. The van der Waals surface area contributed by atoms with Gasteiger partial charge in [-0.15, -0.1) is 0 Å². The first-order chi connectivity index (χ1) is 16.0. The number of aromatic nitrogens is 3. The van der Waals surface area contributed by atoms with Gasteiger partial charge in [-0.25, -0.2) is 13.1 Å². The van der Waals surface area contributed by atoms with E-state index >= 15 is 0 Å². The van der Waals surface area contributed by atoms with Crippen LogP contribution in [-0.4, -0.2) is 105 Å². The Morgan fingerprint density at radius 1 is 1.00 bits per heavy atom. The van der Waals surface area contributed by atoms with Gasteiger partial charge in [0.1, 0.15) is 0 Å². The smallest absolute Gasteiger partial charge is 0.294 e. The molecular weight excluding hydrogens is 488 g/mol. The van der Waals surface area contributed by atoms with Crippen molar-refractivity contribution in [2.24, 2.45) is 0 Å². The SMILES string of the molecule is CS(=O)(=O)NCCNc1nc(Nc2cccc(S(=O)(=O)O)c2)nc(N2CCN(CCO)CC2)n1. The van der Waals surface area contributed by atoms with Gasteiger partial charge in [0.25, 0.3) is 10.1 Å². The highest BCUT2D eigenvalue weighted by atomic mass is 32.2. The van der Waals surface area contributed by atoms with Crippen molar-refractivity contribution in [1.29, 1.82) is 0 Å². The van der Waals surface area contributed by atoms with Crippen molar-refractivity contribution in [1.82, 2.24) is 24.6 Å². The lowest BCUT2D eigenvalue weighted by atomic mass is 10.3. The number of sulfonamides is 1. The maximum absolute atomic E-state index is 11.4.